The first-order valence-electron chi connectivity index (χ1n) is 4.20. The zero-order valence-electron chi connectivity index (χ0n) is 7.01. The van der Waals surface area contributed by atoms with E-state index < -0.39 is 0 Å². The van der Waals surface area contributed by atoms with Gasteiger partial charge in [0.2, 0.25) is 0 Å². The molecule has 0 saturated carbocycles. The highest BCUT2D eigenvalue weighted by Gasteiger charge is 2.17. The van der Waals surface area contributed by atoms with Gasteiger partial charge in [0, 0.05) is 12.6 Å². The number of nitrogens with zero attached hydrogens (tertiary/aromatic N) is 1. The van der Waals surface area contributed by atoms with E-state index in [1.54, 1.807) is 0 Å². The molecular formula is C9H17N. The van der Waals surface area contributed by atoms with Crippen molar-refractivity contribution in [1.29, 1.82) is 0 Å². The van der Waals surface area contributed by atoms with Gasteiger partial charge in [0.15, 0.2) is 0 Å². The lowest BCUT2D eigenvalue weighted by molar-refractivity contribution is 0.298. The molecule has 1 heteroatoms. The molecule has 1 aliphatic heterocycles. The van der Waals surface area contributed by atoms with Crippen LogP contribution >= 0.6 is 0 Å². The number of rotatable bonds is 2. The second kappa shape index (κ2) is 3.77. The molecule has 0 radical (unpaired) electrons. The predicted octanol–water partition coefficient (Wildman–Crippen LogP) is 2.05. The topological polar surface area (TPSA) is 3.24 Å². The van der Waals surface area contributed by atoms with Gasteiger partial charge in [-0.25, -0.2) is 0 Å². The van der Waals surface area contributed by atoms with Crippen molar-refractivity contribution in [3.05, 3.63) is 12.2 Å². The maximum absolute atomic E-state index is 2.53. The van der Waals surface area contributed by atoms with Gasteiger partial charge in [-0.1, -0.05) is 12.2 Å². The van der Waals surface area contributed by atoms with Crippen LogP contribution < -0.4 is 0 Å². The minimum Gasteiger partial charge on any atom is -0.297 e. The van der Waals surface area contributed by atoms with Crippen molar-refractivity contribution in [1.82, 2.24) is 4.90 Å². The van der Waals surface area contributed by atoms with Crippen molar-refractivity contribution >= 4 is 0 Å². The Morgan fingerprint density at radius 1 is 1.60 bits per heavy atom. The molecule has 1 unspecified atom stereocenters. The Morgan fingerprint density at radius 3 is 2.90 bits per heavy atom. The molecule has 58 valence electrons. The first-order valence-corrected chi connectivity index (χ1v) is 4.20. The van der Waals surface area contributed by atoms with Gasteiger partial charge >= 0.3 is 0 Å². The number of allylic oxidation sites excluding steroid dienone is 1. The van der Waals surface area contributed by atoms with Crippen LogP contribution in [0, 0.1) is 0 Å². The summed E-state index contributed by atoms with van der Waals surface area (Å²) >= 11 is 0. The summed E-state index contributed by atoms with van der Waals surface area (Å²) in [6.07, 6.45) is 7.14. The Kier molecular flexibility index (Phi) is 2.94. The van der Waals surface area contributed by atoms with Gasteiger partial charge in [-0.2, -0.15) is 0 Å². The van der Waals surface area contributed by atoms with Crippen LogP contribution in [0.25, 0.3) is 0 Å². The van der Waals surface area contributed by atoms with Crippen molar-refractivity contribution < 1.29 is 0 Å². The van der Waals surface area contributed by atoms with Crippen LogP contribution in [-0.2, 0) is 0 Å². The summed E-state index contributed by atoms with van der Waals surface area (Å²) in [5, 5.41) is 0. The Bertz CT molecular complexity index is 118. The minimum absolute atomic E-state index is 0.816. The third-order valence-corrected chi connectivity index (χ3v) is 2.27. The molecule has 1 atom stereocenters. The maximum Gasteiger partial charge on any atom is 0.0165 e. The molecule has 1 rings (SSSR count). The third kappa shape index (κ3) is 1.84. The van der Waals surface area contributed by atoms with Crippen LogP contribution in [0.15, 0.2) is 12.2 Å². The Labute approximate surface area is 63.7 Å². The molecular weight excluding hydrogens is 122 g/mol. The SMILES string of the molecule is C/C=C\CN1CCCC1C. The molecule has 0 aliphatic carbocycles. The quantitative estimate of drug-likeness (QED) is 0.529. The summed E-state index contributed by atoms with van der Waals surface area (Å²) in [7, 11) is 0. The molecule has 1 nitrogen and oxygen atoms in total. The summed E-state index contributed by atoms with van der Waals surface area (Å²) < 4.78 is 0. The predicted molar refractivity (Wildman–Crippen MR) is 45.1 cm³/mol. The molecule has 1 fully saturated rings. The highest BCUT2D eigenvalue weighted by molar-refractivity contribution is 4.85. The molecule has 10 heavy (non-hydrogen) atoms. The van der Waals surface area contributed by atoms with E-state index in [-0.39, 0.29) is 0 Å². The van der Waals surface area contributed by atoms with Crippen molar-refractivity contribution in [2.45, 2.75) is 32.7 Å². The van der Waals surface area contributed by atoms with E-state index in [0.717, 1.165) is 12.6 Å². The van der Waals surface area contributed by atoms with Crippen molar-refractivity contribution in [3.63, 3.8) is 0 Å². The molecule has 1 heterocycles. The minimum atomic E-state index is 0.816. The molecule has 1 aliphatic rings. The highest BCUT2D eigenvalue weighted by atomic mass is 15.2. The molecule has 0 aromatic heterocycles. The summed E-state index contributed by atoms with van der Waals surface area (Å²) in [4.78, 5) is 2.53. The zero-order valence-corrected chi connectivity index (χ0v) is 7.01. The first kappa shape index (κ1) is 7.80. The first-order chi connectivity index (χ1) is 4.84. The van der Waals surface area contributed by atoms with E-state index in [9.17, 15) is 0 Å². The van der Waals surface area contributed by atoms with Crippen LogP contribution in [-0.4, -0.2) is 24.0 Å². The average molecular weight is 139 g/mol. The molecule has 0 bridgehead atoms. The fourth-order valence-electron chi connectivity index (χ4n) is 1.50. The second-order valence-corrected chi connectivity index (χ2v) is 3.06. The van der Waals surface area contributed by atoms with E-state index in [1.165, 1.54) is 19.4 Å². The molecule has 1 saturated heterocycles. The summed E-state index contributed by atoms with van der Waals surface area (Å²) in [6.45, 7) is 6.85. The van der Waals surface area contributed by atoms with E-state index >= 15 is 0 Å². The lowest BCUT2D eigenvalue weighted by Gasteiger charge is -2.18. The van der Waals surface area contributed by atoms with Gasteiger partial charge in [-0.3, -0.25) is 4.90 Å². The van der Waals surface area contributed by atoms with Crippen molar-refractivity contribution in [3.8, 4) is 0 Å². The average Bonchev–Trinajstić information content (AvgIpc) is 2.31. The normalized spacial score (nSPS) is 28.4. The van der Waals surface area contributed by atoms with E-state index in [0.29, 0.717) is 0 Å². The van der Waals surface area contributed by atoms with Crippen LogP contribution in [0.5, 0.6) is 0 Å². The van der Waals surface area contributed by atoms with E-state index in [2.05, 4.69) is 30.9 Å². The Morgan fingerprint density at radius 2 is 2.40 bits per heavy atom. The third-order valence-electron chi connectivity index (χ3n) is 2.27. The fourth-order valence-corrected chi connectivity index (χ4v) is 1.50. The van der Waals surface area contributed by atoms with Gasteiger partial charge in [-0.05, 0) is 33.2 Å². The van der Waals surface area contributed by atoms with Crippen molar-refractivity contribution in [2.75, 3.05) is 13.1 Å². The molecule has 0 aromatic rings. The standard InChI is InChI=1S/C9H17N/c1-3-4-7-10-8-5-6-9(10)2/h3-4,9H,5-8H2,1-2H3/b4-3-. The van der Waals surface area contributed by atoms with E-state index in [4.69, 9.17) is 0 Å². The van der Waals surface area contributed by atoms with Gasteiger partial charge in [-0.15, -0.1) is 0 Å². The van der Waals surface area contributed by atoms with E-state index in [1.807, 2.05) is 0 Å². The van der Waals surface area contributed by atoms with Gasteiger partial charge in [0.25, 0.3) is 0 Å². The Hall–Kier alpha value is -0.300. The smallest absolute Gasteiger partial charge is 0.0165 e. The number of hydrogen-bond donors (Lipinski definition) is 0. The zero-order chi connectivity index (χ0) is 7.40. The molecule has 0 amide bonds. The Balaban J connectivity index is 2.26. The van der Waals surface area contributed by atoms with Crippen LogP contribution in [0.3, 0.4) is 0 Å². The fraction of sp³-hybridized carbons (Fsp3) is 0.778. The summed E-state index contributed by atoms with van der Waals surface area (Å²) in [6, 6.07) is 0.816. The van der Waals surface area contributed by atoms with Gasteiger partial charge in [0.1, 0.15) is 0 Å². The lowest BCUT2D eigenvalue weighted by Crippen LogP contribution is -2.26. The monoisotopic (exact) mass is 139 g/mol. The molecule has 0 aromatic carbocycles. The molecule has 0 spiro atoms. The maximum atomic E-state index is 2.53. The molecule has 0 N–H and O–H groups in total. The largest absolute Gasteiger partial charge is 0.297 e. The summed E-state index contributed by atoms with van der Waals surface area (Å²) in [5.74, 6) is 0. The van der Waals surface area contributed by atoms with Gasteiger partial charge in [0.05, 0.1) is 0 Å². The lowest BCUT2D eigenvalue weighted by atomic mass is 10.2. The number of likely N-dealkylation sites (tertiary alicyclic amines) is 1. The highest BCUT2D eigenvalue weighted by Crippen LogP contribution is 2.15. The number of hydrogen-bond acceptors (Lipinski definition) is 1. The van der Waals surface area contributed by atoms with Crippen LogP contribution in [0.2, 0.25) is 0 Å². The summed E-state index contributed by atoms with van der Waals surface area (Å²) in [5.41, 5.74) is 0. The van der Waals surface area contributed by atoms with Crippen molar-refractivity contribution in [2.24, 2.45) is 0 Å². The van der Waals surface area contributed by atoms with Crippen LogP contribution in [0.4, 0.5) is 0 Å². The van der Waals surface area contributed by atoms with Crippen LogP contribution in [0.1, 0.15) is 26.7 Å². The van der Waals surface area contributed by atoms with Gasteiger partial charge < -0.3 is 0 Å². The second-order valence-electron chi connectivity index (χ2n) is 3.06.